The molecule has 0 unspecified atom stereocenters. The molecule has 0 spiro atoms. The summed E-state index contributed by atoms with van der Waals surface area (Å²) in [6.45, 7) is 0.166. The van der Waals surface area contributed by atoms with Crippen LogP contribution in [-0.4, -0.2) is 42.6 Å². The lowest BCUT2D eigenvalue weighted by atomic mass is 10.1. The van der Waals surface area contributed by atoms with E-state index in [0.717, 1.165) is 10.4 Å². The summed E-state index contributed by atoms with van der Waals surface area (Å²) in [5, 5.41) is 2.00. The Balaban J connectivity index is 1.53. The maximum absolute atomic E-state index is 13.9. The summed E-state index contributed by atoms with van der Waals surface area (Å²) in [4.78, 5) is 28.0. The molecule has 2 aromatic carbocycles. The van der Waals surface area contributed by atoms with Crippen molar-refractivity contribution in [1.82, 2.24) is 4.90 Å². The zero-order valence-electron chi connectivity index (χ0n) is 16.3. The fraction of sp³-hybridized carbons (Fsp3) is 0.217. The second kappa shape index (κ2) is 8.67. The SMILES string of the molecule is COC(=O)[C@H]1C[C@H](Oc2ccccc2F)CN1C(=O)c1ccc(-c2cccs2)cc1. The summed E-state index contributed by atoms with van der Waals surface area (Å²) in [6.07, 6.45) is -0.277. The number of halogens is 1. The molecule has 2 heterocycles. The van der Waals surface area contributed by atoms with Gasteiger partial charge in [-0.05, 0) is 41.3 Å². The van der Waals surface area contributed by atoms with Gasteiger partial charge in [0.1, 0.15) is 12.1 Å². The summed E-state index contributed by atoms with van der Waals surface area (Å²) >= 11 is 1.62. The van der Waals surface area contributed by atoms with Crippen LogP contribution in [0.2, 0.25) is 0 Å². The second-order valence-corrected chi connectivity index (χ2v) is 7.90. The van der Waals surface area contributed by atoms with Crippen LogP contribution in [0.4, 0.5) is 4.39 Å². The fourth-order valence-electron chi connectivity index (χ4n) is 3.57. The van der Waals surface area contributed by atoms with Crippen LogP contribution >= 0.6 is 11.3 Å². The smallest absolute Gasteiger partial charge is 0.328 e. The number of carbonyl (C=O) groups excluding carboxylic acids is 2. The minimum atomic E-state index is -0.781. The van der Waals surface area contributed by atoms with Gasteiger partial charge in [0.05, 0.1) is 13.7 Å². The lowest BCUT2D eigenvalue weighted by Gasteiger charge is -2.22. The highest BCUT2D eigenvalue weighted by Gasteiger charge is 2.42. The minimum absolute atomic E-state index is 0.0979. The third-order valence-electron chi connectivity index (χ3n) is 5.06. The molecule has 7 heteroatoms. The van der Waals surface area contributed by atoms with Crippen molar-refractivity contribution in [2.75, 3.05) is 13.7 Å². The first-order valence-corrected chi connectivity index (χ1v) is 10.4. The van der Waals surface area contributed by atoms with Gasteiger partial charge in [-0.2, -0.15) is 0 Å². The molecule has 1 amide bonds. The summed E-state index contributed by atoms with van der Waals surface area (Å²) in [5.41, 5.74) is 1.49. The lowest BCUT2D eigenvalue weighted by Crippen LogP contribution is -2.41. The molecular weight excluding hydrogens is 405 g/mol. The number of thiophene rings is 1. The van der Waals surface area contributed by atoms with E-state index in [0.29, 0.717) is 5.56 Å². The van der Waals surface area contributed by atoms with Crippen LogP contribution in [0.15, 0.2) is 66.0 Å². The average molecular weight is 425 g/mol. The van der Waals surface area contributed by atoms with Crippen molar-refractivity contribution in [3.05, 3.63) is 77.4 Å². The molecule has 5 nitrogen and oxygen atoms in total. The molecule has 3 aromatic rings. The molecule has 1 saturated heterocycles. The van der Waals surface area contributed by atoms with E-state index < -0.39 is 23.9 Å². The third-order valence-corrected chi connectivity index (χ3v) is 5.98. The van der Waals surface area contributed by atoms with Crippen molar-refractivity contribution in [2.45, 2.75) is 18.6 Å². The maximum atomic E-state index is 13.9. The van der Waals surface area contributed by atoms with Gasteiger partial charge in [-0.25, -0.2) is 9.18 Å². The van der Waals surface area contributed by atoms with Crippen molar-refractivity contribution >= 4 is 23.2 Å². The monoisotopic (exact) mass is 425 g/mol. The van der Waals surface area contributed by atoms with Crippen LogP contribution in [0.25, 0.3) is 10.4 Å². The zero-order valence-corrected chi connectivity index (χ0v) is 17.1. The number of ether oxygens (including phenoxy) is 2. The van der Waals surface area contributed by atoms with E-state index >= 15 is 0 Å². The number of likely N-dealkylation sites (tertiary alicyclic amines) is 1. The standard InChI is InChI=1S/C23H20FNO4S/c1-28-23(27)19-13-17(29-20-6-3-2-5-18(20)24)14-25(19)22(26)16-10-8-15(9-11-16)21-7-4-12-30-21/h2-12,17,19H,13-14H2,1H3/t17-,19+/m0/s1. The number of nitrogens with zero attached hydrogens (tertiary/aromatic N) is 1. The molecule has 1 fully saturated rings. The average Bonchev–Trinajstić information content (AvgIpc) is 3.45. The number of methoxy groups -OCH3 is 1. The van der Waals surface area contributed by atoms with Crippen LogP contribution in [0.3, 0.4) is 0 Å². The fourth-order valence-corrected chi connectivity index (χ4v) is 4.31. The van der Waals surface area contributed by atoms with E-state index in [4.69, 9.17) is 9.47 Å². The van der Waals surface area contributed by atoms with Crippen molar-refractivity contribution in [1.29, 1.82) is 0 Å². The Kier molecular flexibility index (Phi) is 5.81. The third kappa shape index (κ3) is 4.07. The van der Waals surface area contributed by atoms with Gasteiger partial charge in [0.25, 0.3) is 5.91 Å². The first-order valence-electron chi connectivity index (χ1n) is 9.50. The number of hydrogen-bond acceptors (Lipinski definition) is 5. The molecule has 1 aliphatic heterocycles. The van der Waals surface area contributed by atoms with E-state index in [1.807, 2.05) is 29.6 Å². The molecule has 30 heavy (non-hydrogen) atoms. The van der Waals surface area contributed by atoms with Gasteiger partial charge in [0, 0.05) is 16.9 Å². The van der Waals surface area contributed by atoms with Gasteiger partial charge in [-0.3, -0.25) is 4.79 Å². The van der Waals surface area contributed by atoms with Crippen LogP contribution in [0.1, 0.15) is 16.8 Å². The quantitative estimate of drug-likeness (QED) is 0.569. The normalized spacial score (nSPS) is 18.3. The van der Waals surface area contributed by atoms with Crippen LogP contribution in [0.5, 0.6) is 5.75 Å². The number of rotatable bonds is 5. The molecule has 4 rings (SSSR count). The highest BCUT2D eigenvalue weighted by Crippen LogP contribution is 2.28. The summed E-state index contributed by atoms with van der Waals surface area (Å²) < 4.78 is 24.6. The van der Waals surface area contributed by atoms with Crippen LogP contribution in [0, 0.1) is 5.82 Å². The second-order valence-electron chi connectivity index (χ2n) is 6.96. The van der Waals surface area contributed by atoms with E-state index in [1.54, 1.807) is 35.6 Å². The molecule has 0 N–H and O–H groups in total. The lowest BCUT2D eigenvalue weighted by molar-refractivity contribution is -0.145. The summed E-state index contributed by atoms with van der Waals surface area (Å²) in [7, 11) is 1.28. The summed E-state index contributed by atoms with van der Waals surface area (Å²) in [6, 6.07) is 16.5. The maximum Gasteiger partial charge on any atom is 0.328 e. The van der Waals surface area contributed by atoms with Crippen molar-refractivity contribution in [2.24, 2.45) is 0 Å². The molecule has 0 aliphatic carbocycles. The topological polar surface area (TPSA) is 55.8 Å². The Morgan fingerprint density at radius 2 is 1.83 bits per heavy atom. The molecule has 0 saturated carbocycles. The van der Waals surface area contributed by atoms with Gasteiger partial charge < -0.3 is 14.4 Å². The predicted octanol–water partition coefficient (Wildman–Crippen LogP) is 4.39. The van der Waals surface area contributed by atoms with Crippen molar-refractivity contribution in [3.8, 4) is 16.2 Å². The number of benzene rings is 2. The number of esters is 1. The molecule has 2 atom stereocenters. The number of hydrogen-bond donors (Lipinski definition) is 0. The van der Waals surface area contributed by atoms with E-state index in [1.165, 1.54) is 24.1 Å². The van der Waals surface area contributed by atoms with Gasteiger partial charge in [0.15, 0.2) is 11.6 Å². The summed E-state index contributed by atoms with van der Waals surface area (Å²) in [5.74, 6) is -1.19. The Bertz CT molecular complexity index is 1040. The first-order chi connectivity index (χ1) is 14.6. The van der Waals surface area contributed by atoms with E-state index in [2.05, 4.69) is 0 Å². The van der Waals surface area contributed by atoms with Crippen LogP contribution < -0.4 is 4.74 Å². The number of amides is 1. The molecular formula is C23H20FNO4S. The highest BCUT2D eigenvalue weighted by molar-refractivity contribution is 7.13. The molecule has 154 valence electrons. The molecule has 0 bridgehead atoms. The number of carbonyl (C=O) groups is 2. The van der Waals surface area contributed by atoms with Crippen molar-refractivity contribution in [3.63, 3.8) is 0 Å². The van der Waals surface area contributed by atoms with Crippen LogP contribution in [-0.2, 0) is 9.53 Å². The molecule has 1 aliphatic rings. The zero-order chi connectivity index (χ0) is 21.1. The Hall–Kier alpha value is -3.19. The van der Waals surface area contributed by atoms with Gasteiger partial charge in [-0.1, -0.05) is 30.3 Å². The first kappa shape index (κ1) is 20.1. The largest absolute Gasteiger partial charge is 0.485 e. The van der Waals surface area contributed by atoms with Gasteiger partial charge >= 0.3 is 5.97 Å². The Morgan fingerprint density at radius 1 is 1.07 bits per heavy atom. The molecule has 1 aromatic heterocycles. The molecule has 0 radical (unpaired) electrons. The Labute approximate surface area is 177 Å². The van der Waals surface area contributed by atoms with Gasteiger partial charge in [-0.15, -0.1) is 11.3 Å². The number of para-hydroxylation sites is 1. The Morgan fingerprint density at radius 3 is 2.50 bits per heavy atom. The predicted molar refractivity (Wildman–Crippen MR) is 112 cm³/mol. The van der Waals surface area contributed by atoms with E-state index in [-0.39, 0.29) is 24.6 Å². The minimum Gasteiger partial charge on any atom is -0.485 e. The van der Waals surface area contributed by atoms with Gasteiger partial charge in [0.2, 0.25) is 0 Å². The van der Waals surface area contributed by atoms with Crippen molar-refractivity contribution < 1.29 is 23.5 Å². The highest BCUT2D eigenvalue weighted by atomic mass is 32.1. The van der Waals surface area contributed by atoms with E-state index in [9.17, 15) is 14.0 Å².